The van der Waals surface area contributed by atoms with Crippen LogP contribution < -0.4 is 0 Å². The van der Waals surface area contributed by atoms with Crippen molar-refractivity contribution in [3.8, 4) is 0 Å². The normalized spacial score (nSPS) is 39.0. The van der Waals surface area contributed by atoms with Crippen molar-refractivity contribution in [1.82, 2.24) is 0 Å². The average molecular weight is 485 g/mol. The zero-order valence-corrected chi connectivity index (χ0v) is 20.7. The molecule has 1 saturated heterocycles. The maximum absolute atomic E-state index is 12.6. The molecule has 6 unspecified atom stereocenters. The average Bonchev–Trinajstić information content (AvgIpc) is 3.38. The first-order valence-corrected chi connectivity index (χ1v) is 13.1. The first-order chi connectivity index (χ1) is 16.9. The van der Waals surface area contributed by atoms with Gasteiger partial charge in [-0.15, -0.1) is 0 Å². The van der Waals surface area contributed by atoms with Crippen molar-refractivity contribution in [1.29, 1.82) is 0 Å². The van der Waals surface area contributed by atoms with Crippen LogP contribution in [-0.4, -0.2) is 58.9 Å². The van der Waals surface area contributed by atoms with Crippen LogP contribution in [-0.2, 0) is 19.0 Å². The zero-order valence-electron chi connectivity index (χ0n) is 20.7. The van der Waals surface area contributed by atoms with Crippen LogP contribution in [0.4, 0.5) is 0 Å². The molecule has 0 spiro atoms. The molecule has 0 aromatic carbocycles. The number of aliphatic hydroxyl groups is 2. The molecule has 192 valence electrons. The summed E-state index contributed by atoms with van der Waals surface area (Å²) in [5, 5.41) is 21.5. The molecule has 0 saturated carbocycles. The van der Waals surface area contributed by atoms with Crippen molar-refractivity contribution in [3.05, 3.63) is 60.8 Å². The molecule has 0 amide bonds. The summed E-state index contributed by atoms with van der Waals surface area (Å²) in [4.78, 5) is 12.6. The predicted octanol–water partition coefficient (Wildman–Crippen LogP) is 4.34. The van der Waals surface area contributed by atoms with Crippen molar-refractivity contribution >= 4 is 5.97 Å². The van der Waals surface area contributed by atoms with E-state index in [4.69, 9.17) is 14.2 Å². The van der Waals surface area contributed by atoms with E-state index in [1.54, 1.807) is 12.2 Å². The molecule has 6 nitrogen and oxygen atoms in total. The fourth-order valence-corrected chi connectivity index (χ4v) is 5.38. The molecular formula is C29H40O6. The van der Waals surface area contributed by atoms with E-state index in [2.05, 4.69) is 31.7 Å². The second kappa shape index (κ2) is 12.3. The Labute approximate surface area is 209 Å². The second-order valence-electron chi connectivity index (χ2n) is 10.6. The molecule has 3 aliphatic heterocycles. The maximum atomic E-state index is 12.6. The first-order valence-electron chi connectivity index (χ1n) is 13.1. The highest BCUT2D eigenvalue weighted by atomic mass is 16.6. The minimum absolute atomic E-state index is 0.0705. The molecule has 0 radical (unpaired) electrons. The standard InChI is InChI=1S/C29H40O6/c1-19-15-20(2)17-25(31)29-27(35-29)18-26(24(30)14-13-21-7-3-4-8-21)34-28(32)12-6-10-22-9-5-11-23(16-19)33-22/h3-6,9,12-14,19,21-27,29-31H,2,7-8,10-11,15-18H2,1H3/b12-6-,14-13+/t19?,22?,23?,24?,25-,26?,27-,29?/m0/s1. The topological polar surface area (TPSA) is 88.5 Å². The van der Waals surface area contributed by atoms with E-state index in [0.29, 0.717) is 31.1 Å². The van der Waals surface area contributed by atoms with Gasteiger partial charge in [0, 0.05) is 12.5 Å². The third-order valence-corrected chi connectivity index (χ3v) is 7.28. The maximum Gasteiger partial charge on any atom is 0.330 e. The number of ether oxygens (including phenoxy) is 3. The number of esters is 1. The fourth-order valence-electron chi connectivity index (χ4n) is 5.38. The van der Waals surface area contributed by atoms with Crippen molar-refractivity contribution < 1.29 is 29.2 Å². The highest BCUT2D eigenvalue weighted by Crippen LogP contribution is 2.35. The third-order valence-electron chi connectivity index (χ3n) is 7.28. The Balaban J connectivity index is 1.44. The van der Waals surface area contributed by atoms with Gasteiger partial charge in [-0.2, -0.15) is 0 Å². The lowest BCUT2D eigenvalue weighted by atomic mass is 9.91. The van der Waals surface area contributed by atoms with Gasteiger partial charge in [-0.25, -0.2) is 4.79 Å². The summed E-state index contributed by atoms with van der Waals surface area (Å²) in [6.07, 6.45) is 18.4. The summed E-state index contributed by atoms with van der Waals surface area (Å²) in [5.74, 6) is 0.266. The van der Waals surface area contributed by atoms with Gasteiger partial charge in [0.05, 0.1) is 24.4 Å². The Morgan fingerprint density at radius 1 is 1.06 bits per heavy atom. The van der Waals surface area contributed by atoms with Crippen molar-refractivity contribution in [2.45, 2.75) is 101 Å². The largest absolute Gasteiger partial charge is 0.456 e. The lowest BCUT2D eigenvalue weighted by Crippen LogP contribution is -2.32. The van der Waals surface area contributed by atoms with E-state index in [1.165, 1.54) is 6.08 Å². The molecule has 1 fully saturated rings. The summed E-state index contributed by atoms with van der Waals surface area (Å²) in [6, 6.07) is 0. The Morgan fingerprint density at radius 3 is 2.66 bits per heavy atom. The van der Waals surface area contributed by atoms with E-state index in [9.17, 15) is 15.0 Å². The summed E-state index contributed by atoms with van der Waals surface area (Å²) in [5.41, 5.74) is 1.00. The van der Waals surface area contributed by atoms with Crippen LogP contribution in [0.25, 0.3) is 0 Å². The van der Waals surface area contributed by atoms with Gasteiger partial charge in [-0.05, 0) is 56.8 Å². The fraction of sp³-hybridized carbons (Fsp3) is 0.621. The Hall–Kier alpha value is -1.99. The molecule has 3 heterocycles. The van der Waals surface area contributed by atoms with Crippen LogP contribution in [0.5, 0.6) is 0 Å². The molecule has 6 heteroatoms. The monoisotopic (exact) mass is 484 g/mol. The molecule has 2 N–H and O–H groups in total. The number of epoxide rings is 1. The summed E-state index contributed by atoms with van der Waals surface area (Å²) >= 11 is 0. The van der Waals surface area contributed by atoms with Gasteiger partial charge in [-0.3, -0.25) is 0 Å². The van der Waals surface area contributed by atoms with E-state index in [1.807, 2.05) is 12.2 Å². The van der Waals surface area contributed by atoms with Gasteiger partial charge in [0.2, 0.25) is 0 Å². The van der Waals surface area contributed by atoms with E-state index in [-0.39, 0.29) is 24.4 Å². The van der Waals surface area contributed by atoms with Crippen LogP contribution in [0.15, 0.2) is 60.8 Å². The SMILES string of the molecule is C=C1CC(C)CC2CC=CC(C/C=C\C(=O)OC(C(O)/C=C/C3CC=CC3)C[C@@H]3OC3[C@@H](O)C1)O2. The van der Waals surface area contributed by atoms with Crippen LogP contribution >= 0.6 is 0 Å². The number of fused-ring (bicyclic) bond motifs is 3. The smallest absolute Gasteiger partial charge is 0.330 e. The summed E-state index contributed by atoms with van der Waals surface area (Å²) in [7, 11) is 0. The molecule has 4 rings (SSSR count). The number of carbonyl (C=O) groups excluding carboxylic acids is 1. The number of aliphatic hydroxyl groups excluding tert-OH is 2. The van der Waals surface area contributed by atoms with Gasteiger partial charge >= 0.3 is 5.97 Å². The zero-order chi connectivity index (χ0) is 24.8. The van der Waals surface area contributed by atoms with Gasteiger partial charge in [0.25, 0.3) is 0 Å². The number of allylic oxidation sites excluding steroid dienone is 3. The van der Waals surface area contributed by atoms with Crippen molar-refractivity contribution in [2.75, 3.05) is 0 Å². The van der Waals surface area contributed by atoms with E-state index in [0.717, 1.165) is 37.7 Å². The quantitative estimate of drug-likeness (QED) is 0.352. The molecule has 4 aliphatic rings. The molecular weight excluding hydrogens is 444 g/mol. The Morgan fingerprint density at radius 2 is 1.86 bits per heavy atom. The molecule has 2 bridgehead atoms. The van der Waals surface area contributed by atoms with E-state index < -0.39 is 24.3 Å². The molecule has 1 aliphatic carbocycles. The lowest BCUT2D eigenvalue weighted by molar-refractivity contribution is -0.148. The van der Waals surface area contributed by atoms with Crippen LogP contribution in [0.2, 0.25) is 0 Å². The van der Waals surface area contributed by atoms with Crippen LogP contribution in [0.1, 0.15) is 58.3 Å². The highest BCUT2D eigenvalue weighted by Gasteiger charge is 2.46. The summed E-state index contributed by atoms with van der Waals surface area (Å²) in [6.45, 7) is 6.39. The van der Waals surface area contributed by atoms with Crippen molar-refractivity contribution in [3.63, 3.8) is 0 Å². The number of hydrogen-bond acceptors (Lipinski definition) is 6. The lowest BCUT2D eigenvalue weighted by Gasteiger charge is -2.28. The first kappa shape index (κ1) is 26.1. The van der Waals surface area contributed by atoms with E-state index >= 15 is 0 Å². The number of rotatable bonds is 3. The minimum atomic E-state index is -0.943. The predicted molar refractivity (Wildman–Crippen MR) is 135 cm³/mol. The van der Waals surface area contributed by atoms with Gasteiger partial charge in [0.15, 0.2) is 0 Å². The highest BCUT2D eigenvalue weighted by molar-refractivity contribution is 5.82. The van der Waals surface area contributed by atoms with Crippen LogP contribution in [0, 0.1) is 11.8 Å². The second-order valence-corrected chi connectivity index (χ2v) is 10.6. The Bertz CT molecular complexity index is 849. The van der Waals surface area contributed by atoms with Gasteiger partial charge < -0.3 is 24.4 Å². The third kappa shape index (κ3) is 8.01. The summed E-state index contributed by atoms with van der Waals surface area (Å²) < 4.78 is 17.6. The van der Waals surface area contributed by atoms with Crippen LogP contribution in [0.3, 0.4) is 0 Å². The number of cyclic esters (lactones) is 1. The van der Waals surface area contributed by atoms with Gasteiger partial charge in [-0.1, -0.05) is 61.6 Å². The Kier molecular flexibility index (Phi) is 9.17. The minimum Gasteiger partial charge on any atom is -0.456 e. The molecule has 8 atom stereocenters. The number of carbonyl (C=O) groups is 1. The van der Waals surface area contributed by atoms with Gasteiger partial charge in [0.1, 0.15) is 18.3 Å². The molecule has 0 aromatic rings. The van der Waals surface area contributed by atoms with Crippen molar-refractivity contribution in [2.24, 2.45) is 11.8 Å². The molecule has 0 aromatic heterocycles. The molecule has 35 heavy (non-hydrogen) atoms. The number of hydrogen-bond donors (Lipinski definition) is 2.